The third-order valence-corrected chi connectivity index (χ3v) is 2.69. The van der Waals surface area contributed by atoms with Gasteiger partial charge < -0.3 is 5.73 Å². The van der Waals surface area contributed by atoms with Crippen molar-refractivity contribution in [3.8, 4) is 11.3 Å². The van der Waals surface area contributed by atoms with Crippen molar-refractivity contribution in [3.63, 3.8) is 0 Å². The molecule has 0 fully saturated rings. The molecule has 0 aliphatic heterocycles. The molecule has 2 aromatic rings. The maximum Gasteiger partial charge on any atom is 0.115 e. The van der Waals surface area contributed by atoms with Crippen molar-refractivity contribution in [2.24, 2.45) is 0 Å². The minimum absolute atomic E-state index is 0.333. The molecule has 0 amide bonds. The van der Waals surface area contributed by atoms with Gasteiger partial charge in [-0.1, -0.05) is 24.3 Å². The Morgan fingerprint density at radius 1 is 1.25 bits per heavy atom. The molecule has 3 nitrogen and oxygen atoms in total. The van der Waals surface area contributed by atoms with Gasteiger partial charge in [0, 0.05) is 17.8 Å². The minimum atomic E-state index is 0.333. The van der Waals surface area contributed by atoms with E-state index in [-0.39, 0.29) is 0 Å². The second-order valence-electron chi connectivity index (χ2n) is 4.32. The fraction of sp³-hybridized carbons (Fsp3) is 0.308. The number of aryl methyl sites for hydroxylation is 1. The Morgan fingerprint density at radius 2 is 1.94 bits per heavy atom. The first-order valence-corrected chi connectivity index (χ1v) is 5.50. The molecule has 0 aliphatic carbocycles. The number of anilines is 1. The zero-order valence-corrected chi connectivity index (χ0v) is 9.94. The summed E-state index contributed by atoms with van der Waals surface area (Å²) in [6, 6.07) is 8.49. The highest BCUT2D eigenvalue weighted by atomic mass is 15.3. The molecular formula is C13H17N3. The van der Waals surface area contributed by atoms with Gasteiger partial charge in [0.15, 0.2) is 0 Å². The van der Waals surface area contributed by atoms with Crippen molar-refractivity contribution in [3.05, 3.63) is 36.0 Å². The minimum Gasteiger partial charge on any atom is -0.396 e. The van der Waals surface area contributed by atoms with E-state index in [0.29, 0.717) is 6.04 Å². The number of hydrogen-bond acceptors (Lipinski definition) is 2. The summed E-state index contributed by atoms with van der Waals surface area (Å²) in [7, 11) is 0. The van der Waals surface area contributed by atoms with E-state index in [1.165, 1.54) is 5.56 Å². The van der Waals surface area contributed by atoms with Crippen LogP contribution in [-0.4, -0.2) is 9.78 Å². The van der Waals surface area contributed by atoms with Crippen LogP contribution in [0.5, 0.6) is 0 Å². The van der Waals surface area contributed by atoms with Gasteiger partial charge in [0.2, 0.25) is 0 Å². The summed E-state index contributed by atoms with van der Waals surface area (Å²) in [5.74, 6) is 0. The number of rotatable bonds is 2. The van der Waals surface area contributed by atoms with Crippen LogP contribution in [0.1, 0.15) is 25.5 Å². The van der Waals surface area contributed by atoms with E-state index < -0.39 is 0 Å². The summed E-state index contributed by atoms with van der Waals surface area (Å²) in [6.45, 7) is 6.26. The largest absolute Gasteiger partial charge is 0.396 e. The molecule has 0 bridgehead atoms. The molecule has 1 heterocycles. The SMILES string of the molecule is Cc1ccccc1-c1nn(C(C)C)cc1N. The van der Waals surface area contributed by atoms with E-state index >= 15 is 0 Å². The Bertz CT molecular complexity index is 498. The number of nitrogen functional groups attached to an aromatic ring is 1. The highest BCUT2D eigenvalue weighted by Gasteiger charge is 2.11. The smallest absolute Gasteiger partial charge is 0.115 e. The first-order chi connectivity index (χ1) is 7.59. The average molecular weight is 215 g/mol. The van der Waals surface area contributed by atoms with E-state index in [1.807, 2.05) is 23.0 Å². The molecule has 0 spiro atoms. The van der Waals surface area contributed by atoms with Gasteiger partial charge in [-0.25, -0.2) is 0 Å². The predicted octanol–water partition coefficient (Wildman–Crippen LogP) is 3.02. The van der Waals surface area contributed by atoms with Crippen LogP contribution in [0.3, 0.4) is 0 Å². The molecule has 2 rings (SSSR count). The van der Waals surface area contributed by atoms with Crippen LogP contribution < -0.4 is 5.73 Å². The van der Waals surface area contributed by atoms with E-state index in [4.69, 9.17) is 5.73 Å². The first-order valence-electron chi connectivity index (χ1n) is 5.50. The highest BCUT2D eigenvalue weighted by Crippen LogP contribution is 2.27. The predicted molar refractivity (Wildman–Crippen MR) is 67.2 cm³/mol. The molecule has 2 N–H and O–H groups in total. The number of nitrogens with zero attached hydrogens (tertiary/aromatic N) is 2. The summed E-state index contributed by atoms with van der Waals surface area (Å²) in [4.78, 5) is 0. The Kier molecular flexibility index (Phi) is 2.69. The van der Waals surface area contributed by atoms with Crippen molar-refractivity contribution in [2.45, 2.75) is 26.8 Å². The summed E-state index contributed by atoms with van der Waals surface area (Å²) < 4.78 is 1.90. The lowest BCUT2D eigenvalue weighted by atomic mass is 10.1. The summed E-state index contributed by atoms with van der Waals surface area (Å²) >= 11 is 0. The monoisotopic (exact) mass is 215 g/mol. The molecule has 0 atom stereocenters. The molecule has 16 heavy (non-hydrogen) atoms. The van der Waals surface area contributed by atoms with Crippen LogP contribution in [0.25, 0.3) is 11.3 Å². The Hall–Kier alpha value is -1.77. The normalized spacial score (nSPS) is 11.0. The standard InChI is InChI=1S/C13H17N3/c1-9(2)16-8-12(14)13(15-16)11-7-5-4-6-10(11)3/h4-9H,14H2,1-3H3. The Labute approximate surface area is 95.9 Å². The van der Waals surface area contributed by atoms with Gasteiger partial charge in [-0.05, 0) is 26.3 Å². The van der Waals surface area contributed by atoms with Crippen LogP contribution in [0.15, 0.2) is 30.5 Å². The van der Waals surface area contributed by atoms with Crippen molar-refractivity contribution in [1.82, 2.24) is 9.78 Å². The maximum absolute atomic E-state index is 6.00. The summed E-state index contributed by atoms with van der Waals surface area (Å²) in [6.07, 6.45) is 1.90. The number of aromatic nitrogens is 2. The van der Waals surface area contributed by atoms with Gasteiger partial charge in [0.05, 0.1) is 5.69 Å². The van der Waals surface area contributed by atoms with E-state index in [0.717, 1.165) is 16.9 Å². The number of benzene rings is 1. The van der Waals surface area contributed by atoms with Crippen LogP contribution in [0.4, 0.5) is 5.69 Å². The van der Waals surface area contributed by atoms with Gasteiger partial charge in [-0.2, -0.15) is 5.10 Å². The quantitative estimate of drug-likeness (QED) is 0.836. The van der Waals surface area contributed by atoms with Crippen LogP contribution in [-0.2, 0) is 0 Å². The molecule has 1 aromatic heterocycles. The third kappa shape index (κ3) is 1.81. The van der Waals surface area contributed by atoms with Crippen molar-refractivity contribution >= 4 is 5.69 Å². The summed E-state index contributed by atoms with van der Waals surface area (Å²) in [5, 5.41) is 4.53. The van der Waals surface area contributed by atoms with Crippen LogP contribution in [0, 0.1) is 6.92 Å². The van der Waals surface area contributed by atoms with Gasteiger partial charge in [-0.3, -0.25) is 4.68 Å². The highest BCUT2D eigenvalue weighted by molar-refractivity contribution is 5.74. The van der Waals surface area contributed by atoms with Crippen LogP contribution in [0.2, 0.25) is 0 Å². The molecule has 0 saturated heterocycles. The fourth-order valence-electron chi connectivity index (χ4n) is 1.72. The maximum atomic E-state index is 6.00. The molecule has 0 radical (unpaired) electrons. The number of nitrogens with two attached hydrogens (primary N) is 1. The second-order valence-corrected chi connectivity index (χ2v) is 4.32. The zero-order valence-electron chi connectivity index (χ0n) is 9.94. The molecule has 0 aliphatic rings. The van der Waals surface area contributed by atoms with Gasteiger partial charge >= 0.3 is 0 Å². The Balaban J connectivity index is 2.52. The third-order valence-electron chi connectivity index (χ3n) is 2.69. The summed E-state index contributed by atoms with van der Waals surface area (Å²) in [5.41, 5.74) is 9.92. The molecule has 84 valence electrons. The zero-order chi connectivity index (χ0) is 11.7. The van der Waals surface area contributed by atoms with Crippen molar-refractivity contribution in [1.29, 1.82) is 0 Å². The topological polar surface area (TPSA) is 43.8 Å². The first kappa shape index (κ1) is 10.7. The molecule has 0 saturated carbocycles. The van der Waals surface area contributed by atoms with E-state index in [9.17, 15) is 0 Å². The van der Waals surface area contributed by atoms with Gasteiger partial charge in [0.25, 0.3) is 0 Å². The molecule has 0 unspecified atom stereocenters. The van der Waals surface area contributed by atoms with Gasteiger partial charge in [-0.15, -0.1) is 0 Å². The molecule has 1 aromatic carbocycles. The molecular weight excluding hydrogens is 198 g/mol. The van der Waals surface area contributed by atoms with Crippen LogP contribution >= 0.6 is 0 Å². The lowest BCUT2D eigenvalue weighted by molar-refractivity contribution is 0.534. The number of hydrogen-bond donors (Lipinski definition) is 1. The lowest BCUT2D eigenvalue weighted by Gasteiger charge is -2.04. The second kappa shape index (κ2) is 4.00. The Morgan fingerprint density at radius 3 is 2.50 bits per heavy atom. The molecule has 3 heteroatoms. The van der Waals surface area contributed by atoms with Crippen molar-refractivity contribution in [2.75, 3.05) is 5.73 Å². The average Bonchev–Trinajstić information content (AvgIpc) is 2.61. The van der Waals surface area contributed by atoms with E-state index in [2.05, 4.69) is 38.0 Å². The van der Waals surface area contributed by atoms with E-state index in [1.54, 1.807) is 0 Å². The van der Waals surface area contributed by atoms with Gasteiger partial charge in [0.1, 0.15) is 5.69 Å². The van der Waals surface area contributed by atoms with Crippen molar-refractivity contribution < 1.29 is 0 Å². The fourth-order valence-corrected chi connectivity index (χ4v) is 1.72. The lowest BCUT2D eigenvalue weighted by Crippen LogP contribution is -2.00.